The molecule has 0 radical (unpaired) electrons. The van der Waals surface area contributed by atoms with Gasteiger partial charge in [-0.15, -0.1) is 0 Å². The Morgan fingerprint density at radius 1 is 1.44 bits per heavy atom. The molecule has 1 aromatic rings. The minimum absolute atomic E-state index is 0.00602. The van der Waals surface area contributed by atoms with Gasteiger partial charge in [0.15, 0.2) is 5.75 Å². The third-order valence-electron chi connectivity index (χ3n) is 4.38. The maximum absolute atomic E-state index is 13.2. The number of benzene rings is 1. The van der Waals surface area contributed by atoms with Gasteiger partial charge in [-0.1, -0.05) is 11.6 Å². The second kappa shape index (κ2) is 7.49. The predicted octanol–water partition coefficient (Wildman–Crippen LogP) is 1.41. The maximum Gasteiger partial charge on any atom is 0.257 e. The van der Waals surface area contributed by atoms with Gasteiger partial charge in [-0.25, -0.2) is 8.42 Å². The molecule has 25 heavy (non-hydrogen) atoms. The summed E-state index contributed by atoms with van der Waals surface area (Å²) in [6.45, 7) is 2.61. The number of ether oxygens (including phenoxy) is 1. The summed E-state index contributed by atoms with van der Waals surface area (Å²) in [4.78, 5) is 13.6. The average molecular weight is 390 g/mol. The van der Waals surface area contributed by atoms with E-state index in [1.165, 1.54) is 28.4 Å². The lowest BCUT2D eigenvalue weighted by Crippen LogP contribution is -2.35. The summed E-state index contributed by atoms with van der Waals surface area (Å²) in [6, 6.07) is 2.55. The van der Waals surface area contributed by atoms with Gasteiger partial charge in [-0.2, -0.15) is 4.31 Å². The van der Waals surface area contributed by atoms with Gasteiger partial charge >= 0.3 is 0 Å². The zero-order valence-corrected chi connectivity index (χ0v) is 16.4. The Morgan fingerprint density at radius 2 is 2.08 bits per heavy atom. The van der Waals surface area contributed by atoms with Crippen LogP contribution in [0.4, 0.5) is 0 Å². The molecule has 1 amide bonds. The smallest absolute Gasteiger partial charge is 0.257 e. The van der Waals surface area contributed by atoms with Crippen molar-refractivity contribution < 1.29 is 17.9 Å². The highest BCUT2D eigenvalue weighted by Crippen LogP contribution is 2.37. The highest BCUT2D eigenvalue weighted by atomic mass is 35.5. The van der Waals surface area contributed by atoms with Crippen LogP contribution in [0.15, 0.2) is 17.0 Å². The van der Waals surface area contributed by atoms with Crippen molar-refractivity contribution in [2.45, 2.75) is 24.3 Å². The molecule has 0 aliphatic carbocycles. The topological polar surface area (TPSA) is 92.9 Å². The standard InChI is InChI=1S/C16H24ClN3O4S/c1-10-5-11(8-18)9-20(10)25(22,23)14-7-12(17)6-13(15(14)24-4)16(21)19(2)3/h6-7,10-11H,5,8-9,18H2,1-4H3. The lowest BCUT2D eigenvalue weighted by molar-refractivity contribution is 0.0823. The Balaban J connectivity index is 2.60. The van der Waals surface area contributed by atoms with Crippen molar-refractivity contribution in [3.8, 4) is 5.75 Å². The zero-order chi connectivity index (χ0) is 18.9. The van der Waals surface area contributed by atoms with Crippen LogP contribution in [0.25, 0.3) is 0 Å². The number of hydrogen-bond acceptors (Lipinski definition) is 5. The molecule has 1 aliphatic rings. The van der Waals surface area contributed by atoms with Crippen LogP contribution in [0, 0.1) is 5.92 Å². The molecule has 0 spiro atoms. The number of carbonyl (C=O) groups excluding carboxylic acids is 1. The molecule has 0 bridgehead atoms. The number of methoxy groups -OCH3 is 1. The molecule has 1 saturated heterocycles. The van der Waals surface area contributed by atoms with Crippen LogP contribution >= 0.6 is 11.6 Å². The van der Waals surface area contributed by atoms with Crippen LogP contribution in [0.2, 0.25) is 5.02 Å². The monoisotopic (exact) mass is 389 g/mol. The van der Waals surface area contributed by atoms with Gasteiger partial charge in [-0.3, -0.25) is 4.79 Å². The van der Waals surface area contributed by atoms with Gasteiger partial charge in [0.05, 0.1) is 12.7 Å². The number of rotatable bonds is 5. The van der Waals surface area contributed by atoms with E-state index in [1.807, 2.05) is 6.92 Å². The molecule has 1 aliphatic heterocycles. The first-order valence-electron chi connectivity index (χ1n) is 7.94. The van der Waals surface area contributed by atoms with E-state index in [-0.39, 0.29) is 39.1 Å². The Morgan fingerprint density at radius 3 is 2.56 bits per heavy atom. The van der Waals surface area contributed by atoms with Gasteiger partial charge in [0.1, 0.15) is 4.90 Å². The Hall–Kier alpha value is -1.35. The van der Waals surface area contributed by atoms with Crippen LogP contribution in [0.5, 0.6) is 5.75 Å². The molecule has 2 N–H and O–H groups in total. The first-order chi connectivity index (χ1) is 11.6. The maximum atomic E-state index is 13.2. The first kappa shape index (κ1) is 20.0. The minimum Gasteiger partial charge on any atom is -0.494 e. The Labute approximate surface area is 153 Å². The van der Waals surface area contributed by atoms with Crippen molar-refractivity contribution >= 4 is 27.5 Å². The number of hydrogen-bond donors (Lipinski definition) is 1. The number of amides is 1. The molecule has 7 nitrogen and oxygen atoms in total. The molecular formula is C16H24ClN3O4S. The van der Waals surface area contributed by atoms with Crippen molar-refractivity contribution in [3.05, 3.63) is 22.7 Å². The summed E-state index contributed by atoms with van der Waals surface area (Å²) in [7, 11) is 0.607. The van der Waals surface area contributed by atoms with Gasteiger partial charge in [0.2, 0.25) is 10.0 Å². The fourth-order valence-electron chi connectivity index (χ4n) is 3.11. The number of halogens is 1. The molecule has 9 heteroatoms. The number of carbonyl (C=O) groups is 1. The van der Waals surface area contributed by atoms with Crippen LogP contribution < -0.4 is 10.5 Å². The predicted molar refractivity (Wildman–Crippen MR) is 96.5 cm³/mol. The van der Waals surface area contributed by atoms with E-state index in [4.69, 9.17) is 22.1 Å². The van der Waals surface area contributed by atoms with E-state index in [0.29, 0.717) is 19.5 Å². The summed E-state index contributed by atoms with van der Waals surface area (Å²) in [5, 5.41) is 0.159. The molecule has 2 rings (SSSR count). The lowest BCUT2D eigenvalue weighted by atomic mass is 10.1. The van der Waals surface area contributed by atoms with Crippen LogP contribution in [-0.2, 0) is 10.0 Å². The van der Waals surface area contributed by atoms with E-state index < -0.39 is 10.0 Å². The summed E-state index contributed by atoms with van der Waals surface area (Å²) in [5.74, 6) is -0.269. The number of nitrogens with two attached hydrogens (primary N) is 1. The van der Waals surface area contributed by atoms with Gasteiger partial charge < -0.3 is 15.4 Å². The van der Waals surface area contributed by atoms with Crippen LogP contribution in [0.3, 0.4) is 0 Å². The Bertz CT molecular complexity index is 767. The number of nitrogens with zero attached hydrogens (tertiary/aromatic N) is 2. The molecule has 2 atom stereocenters. The van der Waals surface area contributed by atoms with Crippen molar-refractivity contribution in [3.63, 3.8) is 0 Å². The summed E-state index contributed by atoms with van der Waals surface area (Å²) < 4.78 is 33.1. The van der Waals surface area contributed by atoms with E-state index in [2.05, 4.69) is 0 Å². The van der Waals surface area contributed by atoms with E-state index >= 15 is 0 Å². The SMILES string of the molecule is COc1c(C(=O)N(C)C)cc(Cl)cc1S(=O)(=O)N1CC(CN)CC1C. The highest BCUT2D eigenvalue weighted by molar-refractivity contribution is 7.89. The third-order valence-corrected chi connectivity index (χ3v) is 6.59. The minimum atomic E-state index is -3.88. The normalized spacial score (nSPS) is 21.4. The van der Waals surface area contributed by atoms with Crippen LogP contribution in [0.1, 0.15) is 23.7 Å². The lowest BCUT2D eigenvalue weighted by Gasteiger charge is -2.24. The first-order valence-corrected chi connectivity index (χ1v) is 9.76. The molecule has 1 fully saturated rings. The quantitative estimate of drug-likeness (QED) is 0.821. The van der Waals surface area contributed by atoms with E-state index in [0.717, 1.165) is 0 Å². The molecule has 0 aromatic heterocycles. The van der Waals surface area contributed by atoms with Gasteiger partial charge in [0.25, 0.3) is 5.91 Å². The second-order valence-corrected chi connectivity index (χ2v) is 8.74. The van der Waals surface area contributed by atoms with Crippen LogP contribution in [-0.4, -0.2) is 63.9 Å². The van der Waals surface area contributed by atoms with Gasteiger partial charge in [-0.05, 0) is 37.9 Å². The fourth-order valence-corrected chi connectivity index (χ4v) is 5.32. The highest BCUT2D eigenvalue weighted by Gasteiger charge is 2.39. The van der Waals surface area contributed by atoms with Crippen molar-refractivity contribution in [1.29, 1.82) is 0 Å². The summed E-state index contributed by atoms with van der Waals surface area (Å²) >= 11 is 6.10. The molecule has 140 valence electrons. The van der Waals surface area contributed by atoms with Gasteiger partial charge in [0, 0.05) is 31.7 Å². The second-order valence-electron chi connectivity index (χ2n) is 6.45. The Kier molecular flexibility index (Phi) is 5.98. The molecule has 0 saturated carbocycles. The molecule has 2 unspecified atom stereocenters. The summed E-state index contributed by atoms with van der Waals surface area (Å²) in [6.07, 6.45) is 0.697. The van der Waals surface area contributed by atoms with E-state index in [1.54, 1.807) is 14.1 Å². The van der Waals surface area contributed by atoms with Crippen molar-refractivity contribution in [1.82, 2.24) is 9.21 Å². The average Bonchev–Trinajstić information content (AvgIpc) is 2.95. The van der Waals surface area contributed by atoms with Crippen molar-refractivity contribution in [2.75, 3.05) is 34.3 Å². The largest absolute Gasteiger partial charge is 0.494 e. The molecular weight excluding hydrogens is 366 g/mol. The third kappa shape index (κ3) is 3.76. The molecule has 1 aromatic carbocycles. The summed E-state index contributed by atoms with van der Waals surface area (Å²) in [5.41, 5.74) is 5.81. The molecule has 1 heterocycles. The fraction of sp³-hybridized carbons (Fsp3) is 0.562. The number of sulfonamides is 1. The van der Waals surface area contributed by atoms with E-state index in [9.17, 15) is 13.2 Å². The zero-order valence-electron chi connectivity index (χ0n) is 14.8. The van der Waals surface area contributed by atoms with Crippen molar-refractivity contribution in [2.24, 2.45) is 11.7 Å².